The van der Waals surface area contributed by atoms with Crippen molar-refractivity contribution in [2.75, 3.05) is 5.73 Å². The minimum absolute atomic E-state index is 0. The summed E-state index contributed by atoms with van der Waals surface area (Å²) in [6, 6.07) is 4.08. The van der Waals surface area contributed by atoms with Crippen molar-refractivity contribution in [1.82, 2.24) is 9.97 Å². The second-order valence-electron chi connectivity index (χ2n) is 3.88. The lowest BCUT2D eigenvalue weighted by Crippen LogP contribution is -3.00. The van der Waals surface area contributed by atoms with Gasteiger partial charge in [0.2, 0.25) is 0 Å². The predicted molar refractivity (Wildman–Crippen MR) is 68.9 cm³/mol. The molecule has 0 amide bonds. The molecular weight excluding hydrogens is 271 g/mol. The van der Waals surface area contributed by atoms with E-state index in [0.29, 0.717) is 18.2 Å². The van der Waals surface area contributed by atoms with Crippen molar-refractivity contribution in [3.05, 3.63) is 47.7 Å². The van der Waals surface area contributed by atoms with Gasteiger partial charge in [0.05, 0.1) is 5.56 Å². The van der Waals surface area contributed by atoms with Gasteiger partial charge in [-0.15, -0.1) is 12.4 Å². The van der Waals surface area contributed by atoms with E-state index in [0.717, 1.165) is 5.56 Å². The Balaban J connectivity index is 0.00000144. The number of aromatic nitrogens is 3. The molecular formula is C12H16Cl2N4. The van der Waals surface area contributed by atoms with E-state index in [4.69, 9.17) is 5.73 Å². The van der Waals surface area contributed by atoms with Crippen molar-refractivity contribution < 1.29 is 17.0 Å². The van der Waals surface area contributed by atoms with E-state index in [2.05, 4.69) is 33.7 Å². The van der Waals surface area contributed by atoms with E-state index in [1.54, 1.807) is 6.20 Å². The van der Waals surface area contributed by atoms with E-state index in [-0.39, 0.29) is 24.8 Å². The minimum atomic E-state index is 0. The second kappa shape index (κ2) is 7.13. The van der Waals surface area contributed by atoms with Gasteiger partial charge in [-0.2, -0.15) is 0 Å². The molecule has 0 bridgehead atoms. The lowest BCUT2D eigenvalue weighted by Gasteiger charge is -2.02. The average Bonchev–Trinajstić information content (AvgIpc) is 2.22. The lowest BCUT2D eigenvalue weighted by atomic mass is 10.2. The fourth-order valence-corrected chi connectivity index (χ4v) is 1.58. The highest BCUT2D eigenvalue weighted by atomic mass is 35.5. The first-order valence-electron chi connectivity index (χ1n) is 5.19. The molecule has 0 saturated heterocycles. The van der Waals surface area contributed by atoms with Crippen LogP contribution in [0.1, 0.15) is 17.0 Å². The first-order chi connectivity index (χ1) is 7.65. The van der Waals surface area contributed by atoms with E-state index < -0.39 is 0 Å². The van der Waals surface area contributed by atoms with Gasteiger partial charge in [-0.25, -0.2) is 14.5 Å². The number of nitrogen functional groups attached to an aromatic ring is 1. The Kier molecular flexibility index (Phi) is 6.58. The number of anilines is 1. The molecule has 0 aliphatic carbocycles. The van der Waals surface area contributed by atoms with Crippen molar-refractivity contribution in [3.8, 4) is 0 Å². The fourth-order valence-electron chi connectivity index (χ4n) is 1.58. The third kappa shape index (κ3) is 4.13. The Morgan fingerprint density at radius 3 is 2.67 bits per heavy atom. The molecule has 0 spiro atoms. The van der Waals surface area contributed by atoms with Gasteiger partial charge in [0.25, 0.3) is 0 Å². The zero-order valence-corrected chi connectivity index (χ0v) is 11.9. The SMILES string of the molecule is Cc1ccc[n+](Cc2cnc(C)nc2N)c1.Cl.[Cl-]. The van der Waals surface area contributed by atoms with Crippen molar-refractivity contribution in [3.63, 3.8) is 0 Å². The van der Waals surface area contributed by atoms with Gasteiger partial charge < -0.3 is 18.1 Å². The van der Waals surface area contributed by atoms with E-state index in [1.807, 2.05) is 19.2 Å². The fraction of sp³-hybridized carbons (Fsp3) is 0.250. The zero-order chi connectivity index (χ0) is 11.5. The molecule has 0 radical (unpaired) electrons. The van der Waals surface area contributed by atoms with Crippen molar-refractivity contribution >= 4 is 18.2 Å². The molecule has 0 aliphatic rings. The molecule has 0 unspecified atom stereocenters. The lowest BCUT2D eigenvalue weighted by molar-refractivity contribution is -0.688. The van der Waals surface area contributed by atoms with Gasteiger partial charge in [0.1, 0.15) is 11.6 Å². The predicted octanol–water partition coefficient (Wildman–Crippen LogP) is -1.56. The Morgan fingerprint density at radius 1 is 1.33 bits per heavy atom. The Bertz CT molecular complexity index is 517. The molecule has 0 atom stereocenters. The minimum Gasteiger partial charge on any atom is -1.00 e. The maximum Gasteiger partial charge on any atom is 0.178 e. The monoisotopic (exact) mass is 286 g/mol. The van der Waals surface area contributed by atoms with Crippen LogP contribution in [0.5, 0.6) is 0 Å². The topological polar surface area (TPSA) is 55.7 Å². The summed E-state index contributed by atoms with van der Waals surface area (Å²) in [5.41, 5.74) is 8.01. The van der Waals surface area contributed by atoms with Crippen molar-refractivity contribution in [2.45, 2.75) is 20.4 Å². The number of halogens is 2. The van der Waals surface area contributed by atoms with Crippen LogP contribution in [0.2, 0.25) is 0 Å². The molecule has 0 aliphatic heterocycles. The maximum absolute atomic E-state index is 5.84. The quantitative estimate of drug-likeness (QED) is 0.680. The Morgan fingerprint density at radius 2 is 2.06 bits per heavy atom. The summed E-state index contributed by atoms with van der Waals surface area (Å²) in [5.74, 6) is 1.26. The molecule has 0 aromatic carbocycles. The number of hydrogen-bond acceptors (Lipinski definition) is 3. The van der Waals surface area contributed by atoms with Crippen molar-refractivity contribution in [1.29, 1.82) is 0 Å². The summed E-state index contributed by atoms with van der Waals surface area (Å²) < 4.78 is 2.07. The van der Waals surface area contributed by atoms with Gasteiger partial charge in [0, 0.05) is 17.8 Å². The average molecular weight is 287 g/mol. The van der Waals surface area contributed by atoms with Crippen LogP contribution in [0.15, 0.2) is 30.7 Å². The van der Waals surface area contributed by atoms with Gasteiger partial charge in [0.15, 0.2) is 18.9 Å². The van der Waals surface area contributed by atoms with Crippen LogP contribution >= 0.6 is 12.4 Å². The summed E-state index contributed by atoms with van der Waals surface area (Å²) in [6.07, 6.45) is 5.86. The van der Waals surface area contributed by atoms with Crippen LogP contribution in [-0.2, 0) is 6.54 Å². The highest BCUT2D eigenvalue weighted by molar-refractivity contribution is 5.85. The maximum atomic E-state index is 5.84. The number of pyridine rings is 1. The molecule has 4 nitrogen and oxygen atoms in total. The van der Waals surface area contributed by atoms with Crippen LogP contribution in [-0.4, -0.2) is 9.97 Å². The molecule has 18 heavy (non-hydrogen) atoms. The summed E-state index contributed by atoms with van der Waals surface area (Å²) in [5, 5.41) is 0. The molecule has 2 heterocycles. The van der Waals surface area contributed by atoms with Crippen LogP contribution < -0.4 is 22.7 Å². The Hall–Kier alpha value is -1.39. The number of rotatable bonds is 2. The van der Waals surface area contributed by atoms with Gasteiger partial charge in [-0.3, -0.25) is 0 Å². The highest BCUT2D eigenvalue weighted by Gasteiger charge is 2.08. The summed E-state index contributed by atoms with van der Waals surface area (Å²) >= 11 is 0. The summed E-state index contributed by atoms with van der Waals surface area (Å²) in [4.78, 5) is 8.30. The second-order valence-corrected chi connectivity index (χ2v) is 3.88. The van der Waals surface area contributed by atoms with E-state index in [1.165, 1.54) is 5.56 Å². The number of hydrogen-bond donors (Lipinski definition) is 1. The van der Waals surface area contributed by atoms with Crippen LogP contribution in [0.4, 0.5) is 5.82 Å². The standard InChI is InChI=1S/C12H15N4.2ClH/c1-9-4-3-5-16(7-9)8-11-6-14-10(2)15-12(11)13;;/h3-7H,8H2,1-2H3,(H2,13,14,15);2*1H/q+1;;/p-1. The molecule has 0 fully saturated rings. The zero-order valence-electron chi connectivity index (χ0n) is 10.3. The van der Waals surface area contributed by atoms with Gasteiger partial charge >= 0.3 is 0 Å². The normalized spacial score (nSPS) is 9.22. The highest BCUT2D eigenvalue weighted by Crippen LogP contribution is 2.06. The molecule has 98 valence electrons. The van der Waals surface area contributed by atoms with Crippen LogP contribution in [0.3, 0.4) is 0 Å². The number of nitrogens with zero attached hydrogens (tertiary/aromatic N) is 3. The third-order valence-corrected chi connectivity index (χ3v) is 2.38. The number of aryl methyl sites for hydroxylation is 2. The van der Waals surface area contributed by atoms with Crippen LogP contribution in [0.25, 0.3) is 0 Å². The van der Waals surface area contributed by atoms with Crippen molar-refractivity contribution in [2.24, 2.45) is 0 Å². The van der Waals surface area contributed by atoms with Gasteiger partial charge in [-0.05, 0) is 19.9 Å². The first kappa shape index (κ1) is 16.6. The molecule has 2 aromatic rings. The molecule has 2 rings (SSSR count). The Labute approximate surface area is 119 Å². The third-order valence-electron chi connectivity index (χ3n) is 2.38. The van der Waals surface area contributed by atoms with E-state index >= 15 is 0 Å². The summed E-state index contributed by atoms with van der Waals surface area (Å²) in [6.45, 7) is 4.60. The molecule has 6 heteroatoms. The van der Waals surface area contributed by atoms with Crippen LogP contribution in [0, 0.1) is 13.8 Å². The molecule has 2 aromatic heterocycles. The first-order valence-corrected chi connectivity index (χ1v) is 5.19. The smallest absolute Gasteiger partial charge is 0.178 e. The summed E-state index contributed by atoms with van der Waals surface area (Å²) in [7, 11) is 0. The largest absolute Gasteiger partial charge is 1.00 e. The van der Waals surface area contributed by atoms with Gasteiger partial charge in [-0.1, -0.05) is 0 Å². The molecule has 2 N–H and O–H groups in total. The number of nitrogens with two attached hydrogens (primary N) is 1. The molecule has 0 saturated carbocycles. The van der Waals surface area contributed by atoms with E-state index in [9.17, 15) is 0 Å².